The number of hydrogen-bond donors (Lipinski definition) is 2. The van der Waals surface area contributed by atoms with Gasteiger partial charge in [0.05, 0.1) is 17.7 Å². The summed E-state index contributed by atoms with van der Waals surface area (Å²) in [6, 6.07) is 9.43. The molecular weight excluding hydrogens is 552 g/mol. The third kappa shape index (κ3) is 7.11. The summed E-state index contributed by atoms with van der Waals surface area (Å²) in [5.74, 6) is -1.57. The van der Waals surface area contributed by atoms with Crippen LogP contribution in [0.2, 0.25) is 0 Å². The van der Waals surface area contributed by atoms with E-state index < -0.39 is 23.5 Å². The average Bonchev–Trinajstić information content (AvgIpc) is 3.68. The lowest BCUT2D eigenvalue weighted by Crippen LogP contribution is -2.44. The number of halogens is 4. The fourth-order valence-corrected chi connectivity index (χ4v) is 6.44. The second-order valence-electron chi connectivity index (χ2n) is 11.6. The standard InChI is InChI=1S/C31H36F4N4O3/c32-27-17-21(8-11-26(27)30(42)38-13-1-2-14-38)20-6-9-25(10-7-20)39-15-12-24(19-39)37-28(40)18-36-29(41)22-4-3-5-23(16-22)31(33,34)35/h3-5,8,11,16-17,20,24-25H,1-2,6-7,9-10,12-15,18-19H2,(H,36,41)(H,37,40)/t20?,24-,25?/m1/s1. The molecule has 2 aromatic rings. The molecule has 3 aliphatic rings. The maximum absolute atomic E-state index is 14.9. The number of likely N-dealkylation sites (tertiary alicyclic amines) is 2. The van der Waals surface area contributed by atoms with Gasteiger partial charge in [-0.05, 0) is 86.8 Å². The lowest BCUT2D eigenvalue weighted by atomic mass is 9.81. The van der Waals surface area contributed by atoms with E-state index in [1.807, 2.05) is 6.07 Å². The molecule has 0 bridgehead atoms. The number of carbonyl (C=O) groups excluding carboxylic acids is 3. The topological polar surface area (TPSA) is 81.8 Å². The molecule has 1 saturated carbocycles. The molecule has 7 nitrogen and oxygen atoms in total. The molecule has 11 heteroatoms. The molecule has 2 saturated heterocycles. The number of nitrogens with zero attached hydrogens (tertiary/aromatic N) is 2. The first-order valence-electron chi connectivity index (χ1n) is 14.7. The Balaban J connectivity index is 1.05. The molecule has 2 N–H and O–H groups in total. The molecule has 1 aliphatic carbocycles. The van der Waals surface area contributed by atoms with Crippen molar-refractivity contribution in [2.24, 2.45) is 0 Å². The number of hydrogen-bond acceptors (Lipinski definition) is 4. The SMILES string of the molecule is O=C(CNC(=O)c1cccc(C(F)(F)F)c1)N[C@@H]1CCN(C2CCC(c3ccc(C(=O)N4CCCC4)c(F)c3)CC2)C1. The van der Waals surface area contributed by atoms with Crippen molar-refractivity contribution in [2.75, 3.05) is 32.7 Å². The van der Waals surface area contributed by atoms with E-state index in [4.69, 9.17) is 0 Å². The van der Waals surface area contributed by atoms with Crippen LogP contribution in [0.25, 0.3) is 0 Å². The molecule has 226 valence electrons. The highest BCUT2D eigenvalue weighted by Gasteiger charge is 2.33. The maximum atomic E-state index is 14.9. The van der Waals surface area contributed by atoms with Crippen molar-refractivity contribution in [1.82, 2.24) is 20.4 Å². The molecule has 0 spiro atoms. The maximum Gasteiger partial charge on any atom is 0.416 e. The molecule has 0 radical (unpaired) electrons. The van der Waals surface area contributed by atoms with Gasteiger partial charge in [0.1, 0.15) is 5.82 Å². The second-order valence-corrected chi connectivity index (χ2v) is 11.6. The van der Waals surface area contributed by atoms with Crippen LogP contribution in [0.4, 0.5) is 17.6 Å². The van der Waals surface area contributed by atoms with Gasteiger partial charge in [-0.2, -0.15) is 13.2 Å². The Hall–Kier alpha value is -3.47. The zero-order chi connectivity index (χ0) is 29.9. The smallest absolute Gasteiger partial charge is 0.350 e. The molecule has 0 aromatic heterocycles. The van der Waals surface area contributed by atoms with Gasteiger partial charge in [0.25, 0.3) is 11.8 Å². The van der Waals surface area contributed by atoms with Crippen LogP contribution in [0.15, 0.2) is 42.5 Å². The highest BCUT2D eigenvalue weighted by molar-refractivity contribution is 5.96. The van der Waals surface area contributed by atoms with Crippen LogP contribution in [-0.4, -0.2) is 72.3 Å². The normalized spacial score (nSPS) is 23.1. The van der Waals surface area contributed by atoms with Crippen LogP contribution in [0, 0.1) is 5.82 Å². The van der Waals surface area contributed by atoms with Gasteiger partial charge in [0.15, 0.2) is 0 Å². The molecule has 42 heavy (non-hydrogen) atoms. The van der Waals surface area contributed by atoms with Crippen molar-refractivity contribution in [3.8, 4) is 0 Å². The van der Waals surface area contributed by atoms with Gasteiger partial charge >= 0.3 is 6.18 Å². The van der Waals surface area contributed by atoms with Gasteiger partial charge in [-0.1, -0.05) is 12.1 Å². The molecule has 3 fully saturated rings. The zero-order valence-electron chi connectivity index (χ0n) is 23.4. The predicted molar refractivity (Wildman–Crippen MR) is 148 cm³/mol. The quantitative estimate of drug-likeness (QED) is 0.459. The lowest BCUT2D eigenvalue weighted by Gasteiger charge is -2.35. The minimum atomic E-state index is -4.56. The molecule has 1 atom stereocenters. The van der Waals surface area contributed by atoms with Gasteiger partial charge in [0.2, 0.25) is 5.91 Å². The minimum absolute atomic E-state index is 0.0736. The summed E-state index contributed by atoms with van der Waals surface area (Å²) in [4.78, 5) is 41.4. The van der Waals surface area contributed by atoms with E-state index in [2.05, 4.69) is 15.5 Å². The molecule has 2 aromatic carbocycles. The van der Waals surface area contributed by atoms with Crippen LogP contribution in [-0.2, 0) is 11.0 Å². The first kappa shape index (κ1) is 30.0. The van der Waals surface area contributed by atoms with E-state index in [-0.39, 0.29) is 41.4 Å². The predicted octanol–water partition coefficient (Wildman–Crippen LogP) is 4.73. The second kappa shape index (κ2) is 12.8. The molecule has 2 heterocycles. The van der Waals surface area contributed by atoms with Crippen LogP contribution in [0.3, 0.4) is 0 Å². The van der Waals surface area contributed by atoms with E-state index in [0.29, 0.717) is 25.7 Å². The van der Waals surface area contributed by atoms with E-state index in [9.17, 15) is 31.9 Å². The third-order valence-corrected chi connectivity index (χ3v) is 8.75. The van der Waals surface area contributed by atoms with Crippen LogP contribution in [0.1, 0.15) is 82.7 Å². The van der Waals surface area contributed by atoms with E-state index in [1.165, 1.54) is 12.1 Å². The van der Waals surface area contributed by atoms with E-state index >= 15 is 0 Å². The van der Waals surface area contributed by atoms with Gasteiger partial charge in [-0.15, -0.1) is 0 Å². The first-order valence-corrected chi connectivity index (χ1v) is 14.7. The Labute approximate surface area is 242 Å². The number of nitrogens with one attached hydrogen (secondary N) is 2. The molecular formula is C31H36F4N4O3. The largest absolute Gasteiger partial charge is 0.416 e. The summed E-state index contributed by atoms with van der Waals surface area (Å²) in [6.07, 6.45) is 1.87. The summed E-state index contributed by atoms with van der Waals surface area (Å²) in [5, 5.41) is 5.31. The van der Waals surface area contributed by atoms with Crippen molar-refractivity contribution >= 4 is 17.7 Å². The summed E-state index contributed by atoms with van der Waals surface area (Å²) < 4.78 is 53.6. The highest BCUT2D eigenvalue weighted by Crippen LogP contribution is 2.36. The Morgan fingerprint density at radius 1 is 0.905 bits per heavy atom. The van der Waals surface area contributed by atoms with E-state index in [1.54, 1.807) is 11.0 Å². The molecule has 2 aliphatic heterocycles. The average molecular weight is 589 g/mol. The fraction of sp³-hybridized carbons (Fsp3) is 0.516. The Morgan fingerprint density at radius 2 is 1.64 bits per heavy atom. The molecule has 5 rings (SSSR count). The Morgan fingerprint density at radius 3 is 2.33 bits per heavy atom. The van der Waals surface area contributed by atoms with Crippen LogP contribution >= 0.6 is 0 Å². The number of benzene rings is 2. The lowest BCUT2D eigenvalue weighted by molar-refractivity contribution is -0.137. The van der Waals surface area contributed by atoms with Crippen molar-refractivity contribution in [3.05, 3.63) is 70.5 Å². The highest BCUT2D eigenvalue weighted by atomic mass is 19.4. The van der Waals surface area contributed by atoms with Crippen LogP contribution < -0.4 is 10.6 Å². The Bertz CT molecular complexity index is 1300. The number of carbonyl (C=O) groups is 3. The minimum Gasteiger partial charge on any atom is -0.350 e. The Kier molecular flexibility index (Phi) is 9.15. The van der Waals surface area contributed by atoms with Gasteiger partial charge in [0, 0.05) is 43.8 Å². The monoisotopic (exact) mass is 588 g/mol. The van der Waals surface area contributed by atoms with Gasteiger partial charge in [-0.25, -0.2) is 4.39 Å². The number of amides is 3. The van der Waals surface area contributed by atoms with Gasteiger partial charge < -0.3 is 15.5 Å². The summed E-state index contributed by atoms with van der Waals surface area (Å²) in [6.45, 7) is 2.56. The molecule has 3 amide bonds. The van der Waals surface area contributed by atoms with Gasteiger partial charge in [-0.3, -0.25) is 19.3 Å². The van der Waals surface area contributed by atoms with Crippen molar-refractivity contribution in [3.63, 3.8) is 0 Å². The fourth-order valence-electron chi connectivity index (χ4n) is 6.44. The zero-order valence-corrected chi connectivity index (χ0v) is 23.4. The third-order valence-electron chi connectivity index (χ3n) is 8.75. The number of alkyl halides is 3. The van der Waals surface area contributed by atoms with Crippen molar-refractivity contribution < 1.29 is 31.9 Å². The van der Waals surface area contributed by atoms with Crippen molar-refractivity contribution in [1.29, 1.82) is 0 Å². The van der Waals surface area contributed by atoms with Crippen molar-refractivity contribution in [2.45, 2.75) is 69.1 Å². The number of rotatable bonds is 7. The molecule has 0 unspecified atom stereocenters. The summed E-state index contributed by atoms with van der Waals surface area (Å²) in [7, 11) is 0. The first-order chi connectivity index (χ1) is 20.1. The summed E-state index contributed by atoms with van der Waals surface area (Å²) >= 11 is 0. The van der Waals surface area contributed by atoms with Crippen LogP contribution in [0.5, 0.6) is 0 Å². The van der Waals surface area contributed by atoms with E-state index in [0.717, 1.165) is 75.3 Å². The summed E-state index contributed by atoms with van der Waals surface area (Å²) in [5.41, 5.74) is 0.000978.